The Morgan fingerprint density at radius 1 is 0.558 bits per heavy atom. The molecule has 3 heteroatoms. The van der Waals surface area contributed by atoms with Gasteiger partial charge in [-0.3, -0.25) is 0 Å². The van der Waals surface area contributed by atoms with Gasteiger partial charge >= 0.3 is 16.5 Å². The number of nitrogens with zero attached hydrogens (tertiary/aromatic N) is 2. The molecule has 0 saturated heterocycles. The molecular formula is C40H62N2Ni. The first kappa shape index (κ1) is 41.0. The van der Waals surface area contributed by atoms with E-state index < -0.39 is 0 Å². The SMILES string of the molecule is CCCCCCCCC1=C(c2cc(C)c(C)c(C)c2)[N+](=[N-])C(c2cc(C)c(C)c(C)c2)=C1CC.[CH2-]CCC.[CH2-]CCC.[Ni+2]. The molecule has 0 amide bonds. The summed E-state index contributed by atoms with van der Waals surface area (Å²) in [5.41, 5.74) is 26.3. The summed E-state index contributed by atoms with van der Waals surface area (Å²) in [6, 6.07) is 9.00. The predicted molar refractivity (Wildman–Crippen MR) is 188 cm³/mol. The molecule has 2 nitrogen and oxygen atoms in total. The summed E-state index contributed by atoms with van der Waals surface area (Å²) in [5.74, 6) is 0. The van der Waals surface area contributed by atoms with Gasteiger partial charge in [0.05, 0.1) is 0 Å². The average molecular weight is 630 g/mol. The van der Waals surface area contributed by atoms with Gasteiger partial charge in [-0.15, -0.1) is 0 Å². The minimum atomic E-state index is 0. The van der Waals surface area contributed by atoms with Gasteiger partial charge in [0.25, 0.3) is 0 Å². The summed E-state index contributed by atoms with van der Waals surface area (Å²) in [4.78, 5) is 0. The van der Waals surface area contributed by atoms with E-state index in [-0.39, 0.29) is 16.5 Å². The van der Waals surface area contributed by atoms with Crippen molar-refractivity contribution in [1.29, 1.82) is 0 Å². The zero-order chi connectivity index (χ0) is 31.8. The van der Waals surface area contributed by atoms with Crippen LogP contribution in [0.2, 0.25) is 0 Å². The van der Waals surface area contributed by atoms with E-state index in [4.69, 9.17) is 0 Å². The van der Waals surface area contributed by atoms with E-state index in [2.05, 4.69) is 107 Å². The van der Waals surface area contributed by atoms with Crippen molar-refractivity contribution in [3.05, 3.63) is 99.3 Å². The molecule has 0 unspecified atom stereocenters. The van der Waals surface area contributed by atoms with Gasteiger partial charge in [-0.05, 0) is 118 Å². The second-order valence-corrected chi connectivity index (χ2v) is 12.0. The van der Waals surface area contributed by atoms with Crippen molar-refractivity contribution >= 4 is 11.4 Å². The Labute approximate surface area is 277 Å². The first-order valence-corrected chi connectivity index (χ1v) is 16.7. The molecule has 43 heavy (non-hydrogen) atoms. The van der Waals surface area contributed by atoms with Crippen molar-refractivity contribution in [2.75, 3.05) is 0 Å². The van der Waals surface area contributed by atoms with Gasteiger partial charge in [-0.25, -0.2) is 4.70 Å². The topological polar surface area (TPSA) is 25.3 Å². The zero-order valence-electron chi connectivity index (χ0n) is 29.4. The summed E-state index contributed by atoms with van der Waals surface area (Å²) in [6.07, 6.45) is 14.1. The van der Waals surface area contributed by atoms with Gasteiger partial charge in [0.1, 0.15) is 0 Å². The minimum absolute atomic E-state index is 0. The maximum absolute atomic E-state index is 11.7. The van der Waals surface area contributed by atoms with Crippen LogP contribution in [0.1, 0.15) is 149 Å². The van der Waals surface area contributed by atoms with E-state index in [1.54, 1.807) is 0 Å². The van der Waals surface area contributed by atoms with Gasteiger partial charge in [0, 0.05) is 22.3 Å². The van der Waals surface area contributed by atoms with Crippen molar-refractivity contribution in [3.8, 4) is 0 Å². The van der Waals surface area contributed by atoms with Crippen LogP contribution < -0.4 is 0 Å². The molecular weight excluding hydrogens is 567 g/mol. The van der Waals surface area contributed by atoms with Crippen LogP contribution >= 0.6 is 0 Å². The molecule has 0 bridgehead atoms. The summed E-state index contributed by atoms with van der Waals surface area (Å²) < 4.78 is 1.51. The first-order valence-electron chi connectivity index (χ1n) is 16.7. The van der Waals surface area contributed by atoms with Crippen LogP contribution in [0.4, 0.5) is 0 Å². The zero-order valence-corrected chi connectivity index (χ0v) is 30.4. The number of aryl methyl sites for hydroxylation is 4. The van der Waals surface area contributed by atoms with Crippen molar-refractivity contribution in [2.24, 2.45) is 0 Å². The van der Waals surface area contributed by atoms with Gasteiger partial charge < -0.3 is 19.4 Å². The maximum Gasteiger partial charge on any atom is 2.00 e. The second-order valence-electron chi connectivity index (χ2n) is 12.0. The molecule has 3 rings (SSSR count). The number of rotatable bonds is 12. The van der Waals surface area contributed by atoms with Crippen molar-refractivity contribution < 1.29 is 21.2 Å². The average Bonchev–Trinajstić information content (AvgIpc) is 3.26. The molecule has 0 N–H and O–H groups in total. The molecule has 0 aromatic heterocycles. The molecule has 1 aliphatic rings. The molecule has 0 fully saturated rings. The minimum Gasteiger partial charge on any atom is -0.493 e. The molecule has 0 saturated carbocycles. The van der Waals surface area contributed by atoms with Gasteiger partial charge in [-0.1, -0.05) is 72.6 Å². The molecule has 0 radical (unpaired) electrons. The molecule has 0 spiro atoms. The normalized spacial score (nSPS) is 12.5. The number of hydrogen-bond acceptors (Lipinski definition) is 0. The third-order valence-electron chi connectivity index (χ3n) is 8.60. The van der Waals surface area contributed by atoms with E-state index in [0.717, 1.165) is 48.2 Å². The quantitative estimate of drug-likeness (QED) is 0.0966. The van der Waals surface area contributed by atoms with Crippen molar-refractivity contribution in [2.45, 2.75) is 146 Å². The standard InChI is InChI=1S/C32H44N2.2C4H9.Ni/c1-9-11-12-13-14-15-16-30-29(10-2)31(27-17-21(3)25(7)22(4)18-27)34(33)32(30)28-19-23(5)26(8)24(6)20-28;2*1-3-4-2;/h17-20H,9-16H2,1-8H3;2*1,3-4H2,2H3;/q;2*-1;+2. The summed E-state index contributed by atoms with van der Waals surface area (Å²) >= 11 is 0. The molecule has 2 aromatic rings. The third kappa shape index (κ3) is 11.8. The molecule has 0 atom stereocenters. The van der Waals surface area contributed by atoms with E-state index in [1.165, 1.54) is 101 Å². The molecule has 1 aliphatic heterocycles. The summed E-state index contributed by atoms with van der Waals surface area (Å²) in [5, 5.41) is 0. The number of hydrogen-bond donors (Lipinski definition) is 0. The van der Waals surface area contributed by atoms with E-state index in [0.29, 0.717) is 0 Å². The monoisotopic (exact) mass is 628 g/mol. The van der Waals surface area contributed by atoms with Crippen LogP contribution in [0.15, 0.2) is 35.4 Å². The molecule has 0 aliphatic carbocycles. The van der Waals surface area contributed by atoms with Crippen LogP contribution in [0, 0.1) is 55.4 Å². The van der Waals surface area contributed by atoms with E-state index in [9.17, 15) is 5.53 Å². The van der Waals surface area contributed by atoms with Crippen LogP contribution in [-0.4, -0.2) is 4.70 Å². The van der Waals surface area contributed by atoms with Crippen LogP contribution in [0.3, 0.4) is 0 Å². The van der Waals surface area contributed by atoms with Crippen LogP contribution in [-0.2, 0) is 16.5 Å². The van der Waals surface area contributed by atoms with E-state index >= 15 is 0 Å². The fourth-order valence-electron chi connectivity index (χ4n) is 5.32. The van der Waals surface area contributed by atoms with Crippen molar-refractivity contribution in [1.82, 2.24) is 0 Å². The number of benzene rings is 2. The van der Waals surface area contributed by atoms with E-state index in [1.807, 2.05) is 0 Å². The Hall–Kier alpha value is -1.99. The Morgan fingerprint density at radius 3 is 1.26 bits per heavy atom. The maximum atomic E-state index is 11.7. The second kappa shape index (κ2) is 21.7. The predicted octanol–water partition coefficient (Wildman–Crippen LogP) is 13.1. The summed E-state index contributed by atoms with van der Waals surface area (Å²) in [7, 11) is 0. The Kier molecular flexibility index (Phi) is 20.7. The number of unbranched alkanes of at least 4 members (excludes halogenated alkanes) is 7. The molecule has 2 aromatic carbocycles. The molecule has 242 valence electrons. The van der Waals surface area contributed by atoms with Gasteiger partial charge in [-0.2, -0.15) is 12.8 Å². The van der Waals surface area contributed by atoms with Crippen molar-refractivity contribution in [3.63, 3.8) is 0 Å². The molecule has 1 heterocycles. The number of allylic oxidation sites excluding steroid dienone is 2. The fourth-order valence-corrected chi connectivity index (χ4v) is 5.32. The Bertz CT molecular complexity index is 1160. The smallest absolute Gasteiger partial charge is 0.493 e. The summed E-state index contributed by atoms with van der Waals surface area (Å²) in [6.45, 7) is 29.0. The largest absolute Gasteiger partial charge is 2.00 e. The van der Waals surface area contributed by atoms with Gasteiger partial charge in [0.15, 0.2) is 0 Å². The Morgan fingerprint density at radius 2 is 0.907 bits per heavy atom. The van der Waals surface area contributed by atoms with Gasteiger partial charge in [0.2, 0.25) is 11.4 Å². The van der Waals surface area contributed by atoms with Crippen LogP contribution in [0.5, 0.6) is 0 Å². The fraction of sp³-hybridized carbons (Fsp3) is 0.550. The first-order chi connectivity index (χ1) is 20.0. The van der Waals surface area contributed by atoms with Crippen LogP contribution in [0.25, 0.3) is 16.9 Å². The third-order valence-corrected chi connectivity index (χ3v) is 8.60. The Balaban J connectivity index is 0.00000174.